The maximum absolute atomic E-state index is 13.7. The van der Waals surface area contributed by atoms with E-state index in [0.717, 1.165) is 0 Å². The molecule has 1 rings (SSSR count). The van der Waals surface area contributed by atoms with Crippen molar-refractivity contribution in [3.05, 3.63) is 29.8 Å². The predicted octanol–water partition coefficient (Wildman–Crippen LogP) is 2.94. The minimum atomic E-state index is -5.45. The molecule has 1 aromatic carbocycles. The maximum atomic E-state index is 13.7. The summed E-state index contributed by atoms with van der Waals surface area (Å²) < 4.78 is 76.2. The molecule has 0 unspecified atom stereocenters. The maximum Gasteiger partial charge on any atom is 0.442 e. The monoisotopic (exact) mass is 370 g/mol. The molecule has 6 nitrogen and oxygen atoms in total. The molecule has 0 heterocycles. The lowest BCUT2D eigenvalue weighted by Gasteiger charge is -2.34. The molecule has 1 aromatic rings. The van der Waals surface area contributed by atoms with E-state index >= 15 is 0 Å². The quantitative estimate of drug-likeness (QED) is 0.457. The molecule has 0 aliphatic rings. The Hall–Kier alpha value is -2.59. The first-order chi connectivity index (χ1) is 11.6. The zero-order chi connectivity index (χ0) is 19.3. The van der Waals surface area contributed by atoms with Gasteiger partial charge in [0.15, 0.2) is 0 Å². The minimum absolute atomic E-state index is 0.284. The van der Waals surface area contributed by atoms with Crippen LogP contribution in [0.25, 0.3) is 0 Å². The van der Waals surface area contributed by atoms with Crippen LogP contribution in [-0.4, -0.2) is 37.1 Å². The fourth-order valence-corrected chi connectivity index (χ4v) is 1.74. The summed E-state index contributed by atoms with van der Waals surface area (Å²) in [6.07, 6.45) is -7.05. The second kappa shape index (κ2) is 7.99. The number of alkyl carbamates (subject to hydrolysis) is 1. The van der Waals surface area contributed by atoms with Crippen molar-refractivity contribution in [2.75, 3.05) is 18.5 Å². The van der Waals surface area contributed by atoms with Gasteiger partial charge in [-0.05, 0) is 26.0 Å². The summed E-state index contributed by atoms with van der Waals surface area (Å²) in [5.41, 5.74) is -4.72. The van der Waals surface area contributed by atoms with Gasteiger partial charge in [-0.1, -0.05) is 0 Å². The number of anilines is 1. The van der Waals surface area contributed by atoms with Gasteiger partial charge in [0.25, 0.3) is 0 Å². The Balaban J connectivity index is 3.40. The molecule has 140 valence electrons. The molecule has 0 aliphatic carbocycles. The Labute approximate surface area is 139 Å². The van der Waals surface area contributed by atoms with E-state index in [0.29, 0.717) is 18.2 Å². The highest BCUT2D eigenvalue weighted by molar-refractivity contribution is 5.89. The van der Waals surface area contributed by atoms with Gasteiger partial charge in [0.05, 0.1) is 18.9 Å². The predicted molar refractivity (Wildman–Crippen MR) is 75.6 cm³/mol. The SMILES string of the molecule is CCOC(=O)N[C@@](Nc1ccc(F)cc1F)(C(=O)OCC)C(F)(F)F. The van der Waals surface area contributed by atoms with E-state index in [2.05, 4.69) is 9.47 Å². The van der Waals surface area contributed by atoms with Gasteiger partial charge in [0.1, 0.15) is 11.6 Å². The van der Waals surface area contributed by atoms with E-state index < -0.39 is 47.8 Å². The second-order valence-corrected chi connectivity index (χ2v) is 4.56. The molecule has 0 aliphatic heterocycles. The zero-order valence-electron chi connectivity index (χ0n) is 13.2. The first kappa shape index (κ1) is 20.5. The van der Waals surface area contributed by atoms with Crippen LogP contribution in [0.1, 0.15) is 13.8 Å². The molecular formula is C14H15F5N2O4. The number of carbonyl (C=O) groups excluding carboxylic acids is 2. The van der Waals surface area contributed by atoms with Crippen molar-refractivity contribution in [1.29, 1.82) is 0 Å². The Kier molecular flexibility index (Phi) is 6.54. The van der Waals surface area contributed by atoms with Gasteiger partial charge in [-0.15, -0.1) is 0 Å². The summed E-state index contributed by atoms with van der Waals surface area (Å²) in [6, 6.07) is 1.61. The number of esters is 1. The molecule has 0 radical (unpaired) electrons. The number of ether oxygens (including phenoxy) is 2. The lowest BCUT2D eigenvalue weighted by Crippen LogP contribution is -2.69. The van der Waals surface area contributed by atoms with Crippen molar-refractivity contribution >= 4 is 17.7 Å². The number of hydrogen-bond acceptors (Lipinski definition) is 5. The van der Waals surface area contributed by atoms with Crippen LogP contribution in [0.15, 0.2) is 18.2 Å². The fraction of sp³-hybridized carbons (Fsp3) is 0.429. The fourth-order valence-electron chi connectivity index (χ4n) is 1.74. The van der Waals surface area contributed by atoms with Gasteiger partial charge in [-0.3, -0.25) is 5.32 Å². The first-order valence-corrected chi connectivity index (χ1v) is 6.99. The minimum Gasteiger partial charge on any atom is -0.463 e. The number of alkyl halides is 3. The lowest BCUT2D eigenvalue weighted by molar-refractivity contribution is -0.205. The Morgan fingerprint density at radius 2 is 1.68 bits per heavy atom. The van der Waals surface area contributed by atoms with Gasteiger partial charge >= 0.3 is 23.9 Å². The molecule has 2 N–H and O–H groups in total. The average Bonchev–Trinajstić information content (AvgIpc) is 2.48. The van der Waals surface area contributed by atoms with Crippen molar-refractivity contribution in [3.8, 4) is 0 Å². The summed E-state index contributed by atoms with van der Waals surface area (Å²) in [6.45, 7) is 1.83. The van der Waals surface area contributed by atoms with E-state index in [1.54, 1.807) is 5.32 Å². The second-order valence-electron chi connectivity index (χ2n) is 4.56. The topological polar surface area (TPSA) is 76.7 Å². The summed E-state index contributed by atoms with van der Waals surface area (Å²) in [4.78, 5) is 23.5. The normalized spacial score (nSPS) is 13.6. The number of amides is 1. The van der Waals surface area contributed by atoms with E-state index in [1.165, 1.54) is 19.2 Å². The number of nitrogens with one attached hydrogen (secondary N) is 2. The lowest BCUT2D eigenvalue weighted by atomic mass is 10.1. The molecule has 1 atom stereocenters. The van der Waals surface area contributed by atoms with E-state index in [4.69, 9.17) is 0 Å². The number of carbonyl (C=O) groups is 2. The van der Waals surface area contributed by atoms with Crippen molar-refractivity contribution in [2.24, 2.45) is 0 Å². The van der Waals surface area contributed by atoms with Crippen LogP contribution in [0.4, 0.5) is 32.4 Å². The number of rotatable bonds is 6. The molecular weight excluding hydrogens is 355 g/mol. The summed E-state index contributed by atoms with van der Waals surface area (Å²) in [5.74, 6) is -4.40. The van der Waals surface area contributed by atoms with E-state index in [-0.39, 0.29) is 6.61 Å². The van der Waals surface area contributed by atoms with Crippen LogP contribution in [0.5, 0.6) is 0 Å². The third kappa shape index (κ3) is 4.70. The smallest absolute Gasteiger partial charge is 0.442 e. The first-order valence-electron chi connectivity index (χ1n) is 6.99. The molecule has 1 amide bonds. The standard InChI is InChI=1S/C14H15F5N2O4/c1-3-24-11(22)13(14(17,18)19,21-12(23)25-4-2)20-10-6-5-8(15)7-9(10)16/h5-7,20H,3-4H2,1-2H3,(H,21,23)/t13-/m0/s1. The zero-order valence-corrected chi connectivity index (χ0v) is 13.2. The molecule has 0 saturated heterocycles. The highest BCUT2D eigenvalue weighted by Gasteiger charge is 2.64. The number of halogens is 5. The van der Waals surface area contributed by atoms with Crippen molar-refractivity contribution in [2.45, 2.75) is 25.7 Å². The Morgan fingerprint density at radius 3 is 2.16 bits per heavy atom. The van der Waals surface area contributed by atoms with Crippen LogP contribution >= 0.6 is 0 Å². The van der Waals surface area contributed by atoms with Crippen molar-refractivity contribution in [3.63, 3.8) is 0 Å². The largest absolute Gasteiger partial charge is 0.463 e. The van der Waals surface area contributed by atoms with E-state index in [1.807, 2.05) is 0 Å². The molecule has 11 heteroatoms. The Morgan fingerprint density at radius 1 is 1.08 bits per heavy atom. The van der Waals surface area contributed by atoms with Gasteiger partial charge in [-0.25, -0.2) is 18.4 Å². The van der Waals surface area contributed by atoms with Gasteiger partial charge in [0.2, 0.25) is 0 Å². The van der Waals surface area contributed by atoms with Crippen LogP contribution in [0, 0.1) is 11.6 Å². The van der Waals surface area contributed by atoms with Crippen LogP contribution in [-0.2, 0) is 14.3 Å². The average molecular weight is 370 g/mol. The summed E-state index contributed by atoms with van der Waals surface area (Å²) in [7, 11) is 0. The molecule has 25 heavy (non-hydrogen) atoms. The van der Waals surface area contributed by atoms with Crippen LogP contribution < -0.4 is 10.6 Å². The highest BCUT2D eigenvalue weighted by Crippen LogP contribution is 2.34. The molecule has 0 aromatic heterocycles. The molecule has 0 spiro atoms. The molecule has 0 bridgehead atoms. The van der Waals surface area contributed by atoms with Gasteiger partial charge in [0, 0.05) is 6.07 Å². The van der Waals surface area contributed by atoms with Gasteiger partial charge < -0.3 is 14.8 Å². The van der Waals surface area contributed by atoms with Gasteiger partial charge in [-0.2, -0.15) is 13.2 Å². The Bertz CT molecular complexity index is 638. The summed E-state index contributed by atoms with van der Waals surface area (Å²) in [5, 5.41) is 2.86. The number of benzene rings is 1. The molecule has 0 fully saturated rings. The van der Waals surface area contributed by atoms with Crippen LogP contribution in [0.2, 0.25) is 0 Å². The van der Waals surface area contributed by atoms with Crippen molar-refractivity contribution < 1.29 is 41.0 Å². The third-order valence-electron chi connectivity index (χ3n) is 2.83. The van der Waals surface area contributed by atoms with E-state index in [9.17, 15) is 31.5 Å². The van der Waals surface area contributed by atoms with Crippen LogP contribution in [0.3, 0.4) is 0 Å². The number of hydrogen-bond donors (Lipinski definition) is 2. The molecule has 0 saturated carbocycles. The summed E-state index contributed by atoms with van der Waals surface area (Å²) >= 11 is 0. The third-order valence-corrected chi connectivity index (χ3v) is 2.83. The highest BCUT2D eigenvalue weighted by atomic mass is 19.4. The van der Waals surface area contributed by atoms with Crippen molar-refractivity contribution in [1.82, 2.24) is 5.32 Å².